The molecule has 0 spiro atoms. The second kappa shape index (κ2) is 10.2. The Morgan fingerprint density at radius 1 is 1.14 bits per heavy atom. The van der Waals surface area contributed by atoms with Crippen LogP contribution in [0.5, 0.6) is 0 Å². The molecule has 118 valence electrons. The molecular weight excluding hydrogens is 268 g/mol. The maximum Gasteiger partial charge on any atom is 0.306 e. The zero-order valence-electron chi connectivity index (χ0n) is 13.1. The molecule has 1 atom stereocenters. The van der Waals surface area contributed by atoms with Crippen molar-refractivity contribution in [1.29, 1.82) is 0 Å². The van der Waals surface area contributed by atoms with Crippen LogP contribution in [0.4, 0.5) is 0 Å². The van der Waals surface area contributed by atoms with Gasteiger partial charge in [-0.15, -0.1) is 0 Å². The van der Waals surface area contributed by atoms with Gasteiger partial charge in [-0.2, -0.15) is 0 Å². The van der Waals surface area contributed by atoms with Crippen LogP contribution in [-0.4, -0.2) is 25.2 Å². The standard InChI is InChI=1S/C17H26O4/c1-14(2)11-12-20-16(18)9-6-10-17(19)21-13-15-7-4-3-5-8-15/h3-4,11,15H,5-10,12-13H2,1-2H3. The fraction of sp³-hybridized carbons (Fsp3) is 0.647. The van der Waals surface area contributed by atoms with Gasteiger partial charge in [0.2, 0.25) is 0 Å². The van der Waals surface area contributed by atoms with Crippen molar-refractivity contribution in [2.24, 2.45) is 5.92 Å². The molecule has 0 aromatic heterocycles. The molecule has 1 aliphatic carbocycles. The molecule has 0 radical (unpaired) electrons. The van der Waals surface area contributed by atoms with E-state index < -0.39 is 0 Å². The number of carbonyl (C=O) groups excluding carboxylic acids is 2. The van der Waals surface area contributed by atoms with Crippen molar-refractivity contribution in [3.63, 3.8) is 0 Å². The first-order chi connectivity index (χ1) is 10.1. The number of esters is 2. The van der Waals surface area contributed by atoms with E-state index in [1.807, 2.05) is 19.9 Å². The topological polar surface area (TPSA) is 52.6 Å². The number of ether oxygens (including phenoxy) is 2. The van der Waals surface area contributed by atoms with E-state index in [0.29, 0.717) is 25.6 Å². The summed E-state index contributed by atoms with van der Waals surface area (Å²) in [6, 6.07) is 0. The molecular formula is C17H26O4. The van der Waals surface area contributed by atoms with E-state index in [1.165, 1.54) is 0 Å². The van der Waals surface area contributed by atoms with Crippen molar-refractivity contribution < 1.29 is 19.1 Å². The van der Waals surface area contributed by atoms with Crippen LogP contribution in [0.25, 0.3) is 0 Å². The third kappa shape index (κ3) is 9.05. The molecule has 0 aliphatic heterocycles. The molecule has 1 rings (SSSR count). The Bertz CT molecular complexity index is 392. The van der Waals surface area contributed by atoms with Crippen LogP contribution >= 0.6 is 0 Å². The highest BCUT2D eigenvalue weighted by atomic mass is 16.5. The van der Waals surface area contributed by atoms with E-state index in [2.05, 4.69) is 12.2 Å². The molecule has 1 aliphatic rings. The van der Waals surface area contributed by atoms with Crippen molar-refractivity contribution in [2.45, 2.75) is 52.4 Å². The van der Waals surface area contributed by atoms with Gasteiger partial charge in [-0.05, 0) is 51.5 Å². The van der Waals surface area contributed by atoms with E-state index in [9.17, 15) is 9.59 Å². The average molecular weight is 294 g/mol. The largest absolute Gasteiger partial charge is 0.465 e. The van der Waals surface area contributed by atoms with Crippen LogP contribution < -0.4 is 0 Å². The molecule has 0 amide bonds. The van der Waals surface area contributed by atoms with Crippen molar-refractivity contribution >= 4 is 11.9 Å². The molecule has 0 aromatic rings. The minimum Gasteiger partial charge on any atom is -0.465 e. The van der Waals surface area contributed by atoms with Gasteiger partial charge in [-0.25, -0.2) is 0 Å². The van der Waals surface area contributed by atoms with Crippen LogP contribution in [0.3, 0.4) is 0 Å². The SMILES string of the molecule is CC(C)=CCOC(=O)CCCC(=O)OCC1CC=CCC1. The number of carbonyl (C=O) groups is 2. The third-order valence-electron chi connectivity index (χ3n) is 3.36. The van der Waals surface area contributed by atoms with Gasteiger partial charge in [0.15, 0.2) is 0 Å². The highest BCUT2D eigenvalue weighted by molar-refractivity contribution is 5.72. The first-order valence-electron chi connectivity index (χ1n) is 7.67. The monoisotopic (exact) mass is 294 g/mol. The molecule has 0 bridgehead atoms. The zero-order chi connectivity index (χ0) is 15.5. The highest BCUT2D eigenvalue weighted by Crippen LogP contribution is 2.18. The van der Waals surface area contributed by atoms with Crippen LogP contribution in [0, 0.1) is 5.92 Å². The van der Waals surface area contributed by atoms with Crippen LogP contribution in [-0.2, 0) is 19.1 Å². The van der Waals surface area contributed by atoms with Crippen LogP contribution in [0.1, 0.15) is 52.4 Å². The summed E-state index contributed by atoms with van der Waals surface area (Å²) in [5.74, 6) is -0.0349. The minimum atomic E-state index is -0.266. The Morgan fingerprint density at radius 2 is 1.86 bits per heavy atom. The highest BCUT2D eigenvalue weighted by Gasteiger charge is 2.13. The summed E-state index contributed by atoms with van der Waals surface area (Å²) in [5.41, 5.74) is 1.11. The van der Waals surface area contributed by atoms with Crippen molar-refractivity contribution in [1.82, 2.24) is 0 Å². The molecule has 1 unspecified atom stereocenters. The fourth-order valence-corrected chi connectivity index (χ4v) is 2.04. The van der Waals surface area contributed by atoms with Crippen molar-refractivity contribution in [3.8, 4) is 0 Å². The Hall–Kier alpha value is -1.58. The lowest BCUT2D eigenvalue weighted by atomic mass is 9.95. The first kappa shape index (κ1) is 17.5. The molecule has 4 heteroatoms. The number of rotatable bonds is 8. The normalized spacial score (nSPS) is 17.1. The third-order valence-corrected chi connectivity index (χ3v) is 3.36. The average Bonchev–Trinajstić information content (AvgIpc) is 2.46. The summed E-state index contributed by atoms with van der Waals surface area (Å²) >= 11 is 0. The quantitative estimate of drug-likeness (QED) is 0.507. The molecule has 0 fully saturated rings. The Kier molecular flexibility index (Phi) is 8.48. The van der Waals surface area contributed by atoms with Gasteiger partial charge >= 0.3 is 11.9 Å². The van der Waals surface area contributed by atoms with Gasteiger partial charge in [0.25, 0.3) is 0 Å². The number of hydrogen-bond acceptors (Lipinski definition) is 4. The predicted octanol–water partition coefficient (Wildman–Crippen LogP) is 3.57. The second-order valence-electron chi connectivity index (χ2n) is 5.65. The lowest BCUT2D eigenvalue weighted by Crippen LogP contribution is -2.15. The van der Waals surface area contributed by atoms with Gasteiger partial charge < -0.3 is 9.47 Å². The van der Waals surface area contributed by atoms with Gasteiger partial charge in [0.05, 0.1) is 6.61 Å². The Morgan fingerprint density at radius 3 is 2.48 bits per heavy atom. The molecule has 0 saturated heterocycles. The predicted molar refractivity (Wildman–Crippen MR) is 81.7 cm³/mol. The number of hydrogen-bond donors (Lipinski definition) is 0. The molecule has 4 nitrogen and oxygen atoms in total. The summed E-state index contributed by atoms with van der Waals surface area (Å²) in [7, 11) is 0. The summed E-state index contributed by atoms with van der Waals surface area (Å²) in [5, 5.41) is 0. The summed E-state index contributed by atoms with van der Waals surface area (Å²) in [6.45, 7) is 4.70. The van der Waals surface area contributed by atoms with E-state index in [1.54, 1.807) is 0 Å². The smallest absolute Gasteiger partial charge is 0.306 e. The minimum absolute atomic E-state index is 0.221. The van der Waals surface area contributed by atoms with Crippen molar-refractivity contribution in [3.05, 3.63) is 23.8 Å². The molecule has 0 N–H and O–H groups in total. The van der Waals surface area contributed by atoms with E-state index >= 15 is 0 Å². The lowest BCUT2D eigenvalue weighted by Gasteiger charge is -2.17. The lowest BCUT2D eigenvalue weighted by molar-refractivity contribution is -0.146. The van der Waals surface area contributed by atoms with Crippen LogP contribution in [0.2, 0.25) is 0 Å². The van der Waals surface area contributed by atoms with Gasteiger partial charge in [-0.3, -0.25) is 9.59 Å². The Balaban J connectivity index is 2.03. The number of allylic oxidation sites excluding steroid dienone is 3. The summed E-state index contributed by atoms with van der Waals surface area (Å²) in [4.78, 5) is 23.0. The van der Waals surface area contributed by atoms with Gasteiger partial charge in [-0.1, -0.05) is 17.7 Å². The zero-order valence-corrected chi connectivity index (χ0v) is 13.1. The van der Waals surface area contributed by atoms with Crippen molar-refractivity contribution in [2.75, 3.05) is 13.2 Å². The maximum atomic E-state index is 11.6. The molecule has 0 saturated carbocycles. The molecule has 0 aromatic carbocycles. The first-order valence-corrected chi connectivity index (χ1v) is 7.67. The van der Waals surface area contributed by atoms with E-state index in [4.69, 9.17) is 9.47 Å². The maximum absolute atomic E-state index is 11.6. The fourth-order valence-electron chi connectivity index (χ4n) is 2.04. The summed E-state index contributed by atoms with van der Waals surface area (Å²) < 4.78 is 10.3. The van der Waals surface area contributed by atoms with E-state index in [0.717, 1.165) is 24.8 Å². The second-order valence-corrected chi connectivity index (χ2v) is 5.65. The van der Waals surface area contributed by atoms with Gasteiger partial charge in [0, 0.05) is 12.8 Å². The summed E-state index contributed by atoms with van der Waals surface area (Å²) in [6.07, 6.45) is 10.3. The van der Waals surface area contributed by atoms with E-state index in [-0.39, 0.29) is 24.8 Å². The molecule has 0 heterocycles. The van der Waals surface area contributed by atoms with Crippen LogP contribution in [0.15, 0.2) is 23.8 Å². The Labute approximate surface area is 127 Å². The van der Waals surface area contributed by atoms with Gasteiger partial charge in [0.1, 0.15) is 6.61 Å². The molecule has 21 heavy (non-hydrogen) atoms.